The number of hydrogen-bond acceptors (Lipinski definition) is 20. The molecule has 4 atom stereocenters. The highest BCUT2D eigenvalue weighted by atomic mass is 35.7. The molecule has 2 aliphatic heterocycles. The van der Waals surface area contributed by atoms with Gasteiger partial charge in [-0.1, -0.05) is 57.6 Å². The fraction of sp³-hybridized carbons (Fsp3) is 0.292. The lowest BCUT2D eigenvalue weighted by Gasteiger charge is -2.17. The molecule has 29 heteroatoms. The molecule has 8 amide bonds. The molecule has 0 radical (unpaired) electrons. The molecule has 77 heavy (non-hydrogen) atoms. The first kappa shape index (κ1) is 58.3. The maximum absolute atomic E-state index is 12.5. The zero-order valence-electron chi connectivity index (χ0n) is 40.9. The highest BCUT2D eigenvalue weighted by Crippen LogP contribution is 2.48. The van der Waals surface area contributed by atoms with Crippen molar-refractivity contribution in [1.29, 1.82) is 0 Å². The number of ether oxygens (including phenoxy) is 2. The molecule has 4 unspecified atom stereocenters. The summed E-state index contributed by atoms with van der Waals surface area (Å²) < 4.78 is 40.2. The van der Waals surface area contributed by atoms with Gasteiger partial charge < -0.3 is 30.7 Å². The van der Waals surface area contributed by atoms with E-state index in [1.807, 2.05) is 36.4 Å². The van der Waals surface area contributed by atoms with E-state index in [1.54, 1.807) is 56.3 Å². The zero-order chi connectivity index (χ0) is 56.3. The van der Waals surface area contributed by atoms with Gasteiger partial charge in [-0.05, 0) is 94.8 Å². The highest BCUT2D eigenvalue weighted by Gasteiger charge is 2.37. The number of carbonyl (C=O) groups is 10. The number of nitrogens with one attached hydrogen (secondary N) is 4. The standard InChI is InChI=1S/C24H23N3O10S.C24H23N3O7.ClHO3S/c1-12(25-13(2)28)23(31)26-14-3-5-16-17-6-4-15(38-37-36-33)10-19(17)20(18(16)9-14)11-34-24(32)35-27-21(29)7-8-22(27)30;1-13(25-14(2)28)23(31)26-15-7-8-18-16-5-3-4-6-17(16)20(19(18)11-15)12-33-24(32)34-27-21(29)9-10-22(27)30;1-5(2,3)4/h3-6,9-10,12,20,33H,7-8,11H2,1-2H3,(H,25,28)(H,26,31);3-8,11,13,20H,9-10,12H2,1-2H3,(H,25,28)(H,26,31);(H,2,3,4). The van der Waals surface area contributed by atoms with E-state index in [4.69, 9.17) is 37.4 Å². The van der Waals surface area contributed by atoms with Crippen molar-refractivity contribution in [3.05, 3.63) is 101 Å². The number of imide groups is 2. The molecule has 8 rings (SSSR count). The average molecular weight is 1130 g/mol. The molecule has 2 heterocycles. The van der Waals surface area contributed by atoms with Gasteiger partial charge in [0, 0.05) is 78.3 Å². The third-order valence-electron chi connectivity index (χ3n) is 11.6. The molecule has 0 aromatic heterocycles. The predicted molar refractivity (Wildman–Crippen MR) is 266 cm³/mol. The van der Waals surface area contributed by atoms with Gasteiger partial charge in [-0.15, -0.1) is 4.33 Å². The first-order chi connectivity index (χ1) is 36.4. The van der Waals surface area contributed by atoms with E-state index in [9.17, 15) is 47.9 Å². The van der Waals surface area contributed by atoms with Crippen molar-refractivity contribution in [2.75, 3.05) is 23.8 Å². The van der Waals surface area contributed by atoms with E-state index in [-0.39, 0.29) is 62.5 Å². The van der Waals surface area contributed by atoms with Gasteiger partial charge >= 0.3 is 21.6 Å². The quantitative estimate of drug-likeness (QED) is 0.0165. The summed E-state index contributed by atoms with van der Waals surface area (Å²) in [5, 5.41) is 23.5. The van der Waals surface area contributed by atoms with Crippen LogP contribution in [0.25, 0.3) is 22.3 Å². The van der Waals surface area contributed by atoms with Crippen molar-refractivity contribution < 1.29 is 94.7 Å². The van der Waals surface area contributed by atoms with E-state index in [0.29, 0.717) is 32.0 Å². The van der Waals surface area contributed by atoms with E-state index in [1.165, 1.54) is 13.8 Å². The van der Waals surface area contributed by atoms with E-state index in [0.717, 1.165) is 51.0 Å². The number of rotatable bonds is 15. The second kappa shape index (κ2) is 25.7. The molecular weight excluding hydrogens is 1080 g/mol. The largest absolute Gasteiger partial charge is 0.533 e. The second-order valence-corrected chi connectivity index (χ2v) is 19.7. The Morgan fingerprint density at radius 3 is 1.42 bits per heavy atom. The summed E-state index contributed by atoms with van der Waals surface area (Å²) >= 11 is 0.755. The highest BCUT2D eigenvalue weighted by molar-refractivity contribution is 8.09. The van der Waals surface area contributed by atoms with Crippen LogP contribution in [0.3, 0.4) is 0 Å². The second-order valence-electron chi connectivity index (χ2n) is 17.0. The fourth-order valence-electron chi connectivity index (χ4n) is 8.33. The molecule has 4 aromatic rings. The minimum Gasteiger partial charge on any atom is -0.432 e. The Hall–Kier alpha value is -7.99. The fourth-order valence-corrected chi connectivity index (χ4v) is 8.74. The van der Waals surface area contributed by atoms with Gasteiger partial charge in [0.25, 0.3) is 23.6 Å². The zero-order valence-corrected chi connectivity index (χ0v) is 43.3. The predicted octanol–water partition coefficient (Wildman–Crippen LogP) is 5.41. The number of hydroxylamine groups is 4. The number of anilines is 2. The van der Waals surface area contributed by atoms with Crippen LogP contribution in [0, 0.1) is 0 Å². The molecule has 0 bridgehead atoms. The van der Waals surface area contributed by atoms with Crippen molar-refractivity contribution in [1.82, 2.24) is 20.8 Å². The number of amides is 8. The first-order valence-electron chi connectivity index (χ1n) is 22.8. The van der Waals surface area contributed by atoms with Crippen LogP contribution >= 0.6 is 22.7 Å². The normalized spacial score (nSPS) is 16.4. The van der Waals surface area contributed by atoms with Crippen LogP contribution < -0.4 is 21.3 Å². The summed E-state index contributed by atoms with van der Waals surface area (Å²) in [5.41, 5.74) is 7.71. The van der Waals surface area contributed by atoms with Gasteiger partial charge in [0.1, 0.15) is 25.3 Å². The minimum absolute atomic E-state index is 0.00939. The van der Waals surface area contributed by atoms with Gasteiger partial charge in [-0.25, -0.2) is 14.8 Å². The minimum atomic E-state index is -4.19. The van der Waals surface area contributed by atoms with Crippen molar-refractivity contribution in [3.63, 3.8) is 0 Å². The Labute approximate surface area is 446 Å². The monoisotopic (exact) mass is 1130 g/mol. The van der Waals surface area contributed by atoms with E-state index in [2.05, 4.69) is 41.3 Å². The smallest absolute Gasteiger partial charge is 0.432 e. The maximum atomic E-state index is 12.5. The van der Waals surface area contributed by atoms with Crippen molar-refractivity contribution >= 4 is 103 Å². The molecule has 26 nitrogen and oxygen atoms in total. The summed E-state index contributed by atoms with van der Waals surface area (Å²) in [7, 11) is -0.137. The van der Waals surface area contributed by atoms with Crippen LogP contribution in [0.4, 0.5) is 21.0 Å². The topological polar surface area (TPSA) is 355 Å². The molecule has 6 N–H and O–H groups in total. The first-order valence-corrected chi connectivity index (χ1v) is 25.8. The van der Waals surface area contributed by atoms with Crippen LogP contribution in [-0.2, 0) is 76.2 Å². The molecule has 408 valence electrons. The number of carbonyl (C=O) groups excluding carboxylic acids is 10. The average Bonchev–Trinajstić information content (AvgIpc) is 4.13. The summed E-state index contributed by atoms with van der Waals surface area (Å²) in [6.07, 6.45) is -2.49. The van der Waals surface area contributed by atoms with Gasteiger partial charge in [0.2, 0.25) is 23.6 Å². The Bertz CT molecular complexity index is 3100. The van der Waals surface area contributed by atoms with Crippen molar-refractivity contribution in [3.8, 4) is 22.3 Å². The summed E-state index contributed by atoms with van der Waals surface area (Å²) in [6, 6.07) is 22.1. The Morgan fingerprint density at radius 1 is 0.623 bits per heavy atom. The number of halogens is 1. The summed E-state index contributed by atoms with van der Waals surface area (Å²) in [5.74, 6) is -4.79. The van der Waals surface area contributed by atoms with Gasteiger partial charge in [-0.2, -0.15) is 8.42 Å². The summed E-state index contributed by atoms with van der Waals surface area (Å²) in [4.78, 5) is 129. The molecule has 2 saturated heterocycles. The van der Waals surface area contributed by atoms with Crippen LogP contribution in [-0.4, -0.2) is 113 Å². The van der Waals surface area contributed by atoms with Crippen LogP contribution in [0.1, 0.15) is 87.5 Å². The SMILES string of the molecule is CC(=O)NC(C)C(=O)Nc1ccc2c(c1)C(COC(=O)ON1C(=O)CCC1=O)c1cc(SOOO)ccc1-2.CC(=O)NC(C)C(=O)Nc1ccc2c(c1)C(COC(=O)ON1C(=O)CCC1=O)c1ccccc1-2.O=S(=O)(O)Cl. The molecule has 4 aliphatic rings. The summed E-state index contributed by atoms with van der Waals surface area (Å²) in [6.45, 7) is 5.46. The molecular formula is C48H47ClN6O20S2. The van der Waals surface area contributed by atoms with Crippen LogP contribution in [0.15, 0.2) is 83.8 Å². The Balaban J connectivity index is 0.000000230. The molecule has 4 aromatic carbocycles. The lowest BCUT2D eigenvalue weighted by molar-refractivity contribution is -0.432. The van der Waals surface area contributed by atoms with E-state index >= 15 is 0 Å². The lowest BCUT2D eigenvalue weighted by Crippen LogP contribution is -2.40. The lowest BCUT2D eigenvalue weighted by atomic mass is 9.97. The number of nitrogens with zero attached hydrogens (tertiary/aromatic N) is 2. The maximum Gasteiger partial charge on any atom is 0.533 e. The molecule has 2 fully saturated rings. The van der Waals surface area contributed by atoms with Crippen LogP contribution in [0.5, 0.6) is 0 Å². The van der Waals surface area contributed by atoms with Gasteiger partial charge in [0.05, 0.1) is 12.0 Å². The molecule has 0 saturated carbocycles. The Morgan fingerprint density at radius 2 is 1.00 bits per heavy atom. The number of hydrogen-bond donors (Lipinski definition) is 6. The van der Waals surface area contributed by atoms with Crippen molar-refractivity contribution in [2.24, 2.45) is 0 Å². The third kappa shape index (κ3) is 15.6. The van der Waals surface area contributed by atoms with Gasteiger partial charge in [-0.3, -0.25) is 52.6 Å². The molecule has 0 spiro atoms. The number of benzene rings is 4. The Kier molecular flexibility index (Phi) is 19.4. The van der Waals surface area contributed by atoms with Crippen LogP contribution in [0.2, 0.25) is 0 Å². The number of fused-ring (bicyclic) bond motifs is 6. The third-order valence-corrected chi connectivity index (χ3v) is 12.1. The van der Waals surface area contributed by atoms with E-state index < -0.39 is 69.2 Å². The van der Waals surface area contributed by atoms with Gasteiger partial charge in [0.15, 0.2) is 0 Å². The van der Waals surface area contributed by atoms with Crippen molar-refractivity contribution in [2.45, 2.75) is 82.2 Å². The molecule has 2 aliphatic carbocycles.